The van der Waals surface area contributed by atoms with Crippen LogP contribution in [0.15, 0.2) is 0 Å². The maximum atomic E-state index is 5.80. The van der Waals surface area contributed by atoms with E-state index < -0.39 is 0 Å². The third kappa shape index (κ3) is 5.32. The molecule has 118 valence electrons. The lowest BCUT2D eigenvalue weighted by molar-refractivity contribution is -0.139. The Balaban J connectivity index is 1.45. The Hall–Kier alpha value is -0.160. The summed E-state index contributed by atoms with van der Waals surface area (Å²) in [6.45, 7) is 9.43. The van der Waals surface area contributed by atoms with Crippen molar-refractivity contribution in [2.45, 2.75) is 90.0 Å². The van der Waals surface area contributed by atoms with E-state index in [1.165, 1.54) is 25.7 Å². The Bertz CT molecular complexity index is 271. The topological polar surface area (TPSA) is 36.9 Å². The molecule has 4 heteroatoms. The van der Waals surface area contributed by atoms with Crippen LogP contribution in [-0.4, -0.2) is 37.0 Å². The molecule has 2 saturated heterocycles. The first-order valence-corrected chi connectivity index (χ1v) is 8.00. The van der Waals surface area contributed by atoms with E-state index >= 15 is 0 Å². The molecule has 0 radical (unpaired) electrons. The highest BCUT2D eigenvalue weighted by Gasteiger charge is 2.32. The van der Waals surface area contributed by atoms with Crippen LogP contribution in [0.3, 0.4) is 0 Å². The van der Waals surface area contributed by atoms with E-state index in [0.29, 0.717) is 0 Å². The second-order valence-electron chi connectivity index (χ2n) is 6.89. The molecule has 0 aromatic heterocycles. The van der Waals surface area contributed by atoms with Gasteiger partial charge in [0.1, 0.15) is 0 Å². The highest BCUT2D eigenvalue weighted by molar-refractivity contribution is 4.72. The fourth-order valence-electron chi connectivity index (χ4n) is 2.91. The van der Waals surface area contributed by atoms with Crippen LogP contribution in [-0.2, 0) is 18.9 Å². The van der Waals surface area contributed by atoms with Gasteiger partial charge in [-0.2, -0.15) is 0 Å². The van der Waals surface area contributed by atoms with Gasteiger partial charge < -0.3 is 18.9 Å². The smallest absolute Gasteiger partial charge is 0.163 e. The predicted molar refractivity (Wildman–Crippen MR) is 77.5 cm³/mol. The first kappa shape index (κ1) is 16.2. The zero-order valence-electron chi connectivity index (χ0n) is 13.4. The fourth-order valence-corrected chi connectivity index (χ4v) is 2.91. The van der Waals surface area contributed by atoms with E-state index in [9.17, 15) is 0 Å². The molecule has 0 spiro atoms. The molecule has 4 nitrogen and oxygen atoms in total. The van der Waals surface area contributed by atoms with Crippen LogP contribution in [0.25, 0.3) is 0 Å². The second kappa shape index (κ2) is 6.73. The largest absolute Gasteiger partial charge is 0.348 e. The fraction of sp³-hybridized carbons (Fsp3) is 1.00. The average molecular weight is 286 g/mol. The maximum Gasteiger partial charge on any atom is 0.163 e. The van der Waals surface area contributed by atoms with Gasteiger partial charge in [-0.05, 0) is 40.5 Å². The van der Waals surface area contributed by atoms with Gasteiger partial charge in [-0.3, -0.25) is 0 Å². The Kier molecular flexibility index (Phi) is 5.46. The van der Waals surface area contributed by atoms with Crippen LogP contribution >= 0.6 is 0 Å². The summed E-state index contributed by atoms with van der Waals surface area (Å²) in [6, 6.07) is 0. The summed E-state index contributed by atoms with van der Waals surface area (Å²) in [7, 11) is 0. The summed E-state index contributed by atoms with van der Waals surface area (Å²) in [4.78, 5) is 0. The van der Waals surface area contributed by atoms with Crippen LogP contribution in [0.4, 0.5) is 0 Å². The molecule has 0 bridgehead atoms. The van der Waals surface area contributed by atoms with Gasteiger partial charge in [0.25, 0.3) is 0 Å². The first-order chi connectivity index (χ1) is 9.36. The van der Waals surface area contributed by atoms with Gasteiger partial charge in [0.2, 0.25) is 0 Å². The van der Waals surface area contributed by atoms with Crippen molar-refractivity contribution < 1.29 is 18.9 Å². The lowest BCUT2D eigenvalue weighted by Crippen LogP contribution is -2.21. The van der Waals surface area contributed by atoms with Crippen molar-refractivity contribution >= 4 is 0 Å². The standard InChI is InChI=1S/C16H30O4/c1-15(2)17-11-13(19-15)9-7-5-6-8-10-14-12-18-16(3,4)20-14/h13-14H,5-12H2,1-4H3/t13-,14-/m0/s1. The Morgan fingerprint density at radius 3 is 1.40 bits per heavy atom. The summed E-state index contributed by atoms with van der Waals surface area (Å²) in [5.74, 6) is -0.755. The highest BCUT2D eigenvalue weighted by Crippen LogP contribution is 2.27. The summed E-state index contributed by atoms with van der Waals surface area (Å²) in [5.41, 5.74) is 0. The van der Waals surface area contributed by atoms with Gasteiger partial charge in [0, 0.05) is 0 Å². The Labute approximate surface area is 123 Å². The molecule has 2 heterocycles. The number of ether oxygens (including phenoxy) is 4. The van der Waals surface area contributed by atoms with E-state index in [-0.39, 0.29) is 23.8 Å². The van der Waals surface area contributed by atoms with Crippen molar-refractivity contribution in [2.24, 2.45) is 0 Å². The van der Waals surface area contributed by atoms with Crippen LogP contribution in [0, 0.1) is 0 Å². The minimum absolute atomic E-state index is 0.289. The van der Waals surface area contributed by atoms with E-state index in [2.05, 4.69) is 0 Å². The van der Waals surface area contributed by atoms with Crippen LogP contribution in [0.5, 0.6) is 0 Å². The van der Waals surface area contributed by atoms with E-state index in [1.54, 1.807) is 0 Å². The van der Waals surface area contributed by atoms with Gasteiger partial charge in [0.15, 0.2) is 11.6 Å². The highest BCUT2D eigenvalue weighted by atomic mass is 16.7. The normalized spacial score (nSPS) is 31.8. The van der Waals surface area contributed by atoms with Gasteiger partial charge in [-0.15, -0.1) is 0 Å². The third-order valence-electron chi connectivity index (χ3n) is 3.94. The molecular weight excluding hydrogens is 256 g/mol. The number of hydrogen-bond donors (Lipinski definition) is 0. The summed E-state index contributed by atoms with van der Waals surface area (Å²) < 4.78 is 22.7. The molecule has 2 atom stereocenters. The molecule has 20 heavy (non-hydrogen) atoms. The third-order valence-corrected chi connectivity index (χ3v) is 3.94. The summed E-state index contributed by atoms with van der Waals surface area (Å²) in [6.07, 6.45) is 7.76. The van der Waals surface area contributed by atoms with E-state index in [0.717, 1.165) is 26.1 Å². The molecule has 0 aromatic carbocycles. The van der Waals surface area contributed by atoms with Crippen molar-refractivity contribution in [2.75, 3.05) is 13.2 Å². The quantitative estimate of drug-likeness (QED) is 0.670. The molecule has 0 saturated carbocycles. The van der Waals surface area contributed by atoms with Gasteiger partial charge in [-0.1, -0.05) is 25.7 Å². The second-order valence-corrected chi connectivity index (χ2v) is 6.89. The minimum atomic E-state index is -0.378. The SMILES string of the molecule is CC1(C)OC[C@H](CCCCCC[C@H]2COC(C)(C)O2)O1. The van der Waals surface area contributed by atoms with Crippen LogP contribution < -0.4 is 0 Å². The molecule has 0 amide bonds. The van der Waals surface area contributed by atoms with Crippen LogP contribution in [0.1, 0.15) is 66.2 Å². The lowest BCUT2D eigenvalue weighted by Gasteiger charge is -2.17. The van der Waals surface area contributed by atoms with Crippen molar-refractivity contribution in [1.29, 1.82) is 0 Å². The summed E-state index contributed by atoms with van der Waals surface area (Å²) >= 11 is 0. The predicted octanol–water partition coefficient (Wildman–Crippen LogP) is 3.63. The molecule has 2 rings (SSSR count). The maximum absolute atomic E-state index is 5.80. The zero-order valence-corrected chi connectivity index (χ0v) is 13.4. The molecule has 2 fully saturated rings. The zero-order chi connectivity index (χ0) is 14.6. The van der Waals surface area contributed by atoms with Gasteiger partial charge >= 0.3 is 0 Å². The van der Waals surface area contributed by atoms with Crippen molar-refractivity contribution in [1.82, 2.24) is 0 Å². The van der Waals surface area contributed by atoms with E-state index in [4.69, 9.17) is 18.9 Å². The molecule has 0 unspecified atom stereocenters. The summed E-state index contributed by atoms with van der Waals surface area (Å²) in [5, 5.41) is 0. The number of unbranched alkanes of at least 4 members (excludes halogenated alkanes) is 3. The Morgan fingerprint density at radius 2 is 1.10 bits per heavy atom. The van der Waals surface area contributed by atoms with Gasteiger partial charge in [-0.25, -0.2) is 0 Å². The minimum Gasteiger partial charge on any atom is -0.348 e. The molecule has 2 aliphatic rings. The van der Waals surface area contributed by atoms with Crippen LogP contribution in [0.2, 0.25) is 0 Å². The average Bonchev–Trinajstić information content (AvgIpc) is 2.86. The lowest BCUT2D eigenvalue weighted by atomic mass is 10.1. The molecule has 0 N–H and O–H groups in total. The van der Waals surface area contributed by atoms with Crippen molar-refractivity contribution in [3.05, 3.63) is 0 Å². The first-order valence-electron chi connectivity index (χ1n) is 8.00. The van der Waals surface area contributed by atoms with Crippen molar-refractivity contribution in [3.63, 3.8) is 0 Å². The Morgan fingerprint density at radius 1 is 0.700 bits per heavy atom. The van der Waals surface area contributed by atoms with Gasteiger partial charge in [0.05, 0.1) is 25.4 Å². The monoisotopic (exact) mass is 286 g/mol. The molecular formula is C16H30O4. The molecule has 0 aliphatic carbocycles. The van der Waals surface area contributed by atoms with E-state index in [1.807, 2.05) is 27.7 Å². The van der Waals surface area contributed by atoms with Crippen molar-refractivity contribution in [3.8, 4) is 0 Å². The molecule has 0 aromatic rings. The number of hydrogen-bond acceptors (Lipinski definition) is 4. The number of rotatable bonds is 7. The molecule has 2 aliphatic heterocycles.